The first-order chi connectivity index (χ1) is 9.90. The van der Waals surface area contributed by atoms with E-state index < -0.39 is 5.56 Å². The Balaban J connectivity index is 2.97. The van der Waals surface area contributed by atoms with Gasteiger partial charge in [-0.05, 0) is 49.6 Å². The summed E-state index contributed by atoms with van der Waals surface area (Å²) < 4.78 is 0.692. The third kappa shape index (κ3) is 2.51. The van der Waals surface area contributed by atoms with Gasteiger partial charge in [-0.15, -0.1) is 0 Å². The highest BCUT2D eigenvalue weighted by Gasteiger charge is 2.19. The molecule has 0 saturated heterocycles. The summed E-state index contributed by atoms with van der Waals surface area (Å²) in [5, 5.41) is 28.1. The van der Waals surface area contributed by atoms with Gasteiger partial charge in [0.1, 0.15) is 34.8 Å². The van der Waals surface area contributed by atoms with Crippen LogP contribution in [0, 0.1) is 22.7 Å². The molecule has 0 bridgehead atoms. The first kappa shape index (κ1) is 15.1. The Kier molecular flexibility index (Phi) is 4.03. The molecule has 2 rings (SSSR count). The van der Waals surface area contributed by atoms with Crippen molar-refractivity contribution in [3.63, 3.8) is 0 Å². The topological polar surface area (TPSA) is 127 Å². The number of hydrogen-bond donors (Lipinski definition) is 3. The molecule has 8 heteroatoms. The number of nitrogens with two attached hydrogens (primary N) is 1. The van der Waals surface area contributed by atoms with Crippen LogP contribution in [0.4, 0.5) is 5.82 Å². The minimum absolute atomic E-state index is 0.00404. The first-order valence-corrected chi connectivity index (χ1v) is 7.03. The highest BCUT2D eigenvalue weighted by molar-refractivity contribution is 9.11. The molecule has 0 radical (unpaired) electrons. The Morgan fingerprint density at radius 3 is 2.14 bits per heavy atom. The third-order valence-electron chi connectivity index (χ3n) is 2.77. The van der Waals surface area contributed by atoms with Crippen LogP contribution in [0.25, 0.3) is 11.1 Å². The second-order valence-electron chi connectivity index (χ2n) is 4.00. The number of aromatic amines is 1. The molecule has 6 nitrogen and oxygen atoms in total. The maximum atomic E-state index is 11.8. The summed E-state index contributed by atoms with van der Waals surface area (Å²) in [6.45, 7) is 0. The van der Waals surface area contributed by atoms with Crippen LogP contribution in [0.5, 0.6) is 5.75 Å². The van der Waals surface area contributed by atoms with E-state index in [1.807, 2.05) is 6.07 Å². The van der Waals surface area contributed by atoms with Crippen LogP contribution in [0.15, 0.2) is 25.9 Å². The largest absolute Gasteiger partial charge is 0.506 e. The fourth-order valence-corrected chi connectivity index (χ4v) is 3.03. The minimum Gasteiger partial charge on any atom is -0.506 e. The second kappa shape index (κ2) is 5.60. The molecule has 1 aromatic heterocycles. The van der Waals surface area contributed by atoms with E-state index in [0.717, 1.165) is 0 Å². The number of nitriles is 2. The summed E-state index contributed by atoms with van der Waals surface area (Å²) in [6.07, 6.45) is 0. The minimum atomic E-state index is -0.677. The number of aromatic hydroxyl groups is 1. The fourth-order valence-electron chi connectivity index (χ4n) is 1.84. The van der Waals surface area contributed by atoms with Crippen molar-refractivity contribution in [1.29, 1.82) is 10.5 Å². The lowest BCUT2D eigenvalue weighted by Crippen LogP contribution is -2.16. The predicted molar refractivity (Wildman–Crippen MR) is 83.4 cm³/mol. The Bertz CT molecular complexity index is 868. The number of phenolic OH excluding ortho intramolecular Hbond substituents is 1. The molecule has 0 spiro atoms. The summed E-state index contributed by atoms with van der Waals surface area (Å²) in [7, 11) is 0. The van der Waals surface area contributed by atoms with Crippen LogP contribution in [0.2, 0.25) is 0 Å². The molecule has 0 aliphatic carbocycles. The van der Waals surface area contributed by atoms with Crippen molar-refractivity contribution in [2.45, 2.75) is 0 Å². The molecule has 104 valence electrons. The van der Waals surface area contributed by atoms with Gasteiger partial charge in [-0.2, -0.15) is 10.5 Å². The Morgan fingerprint density at radius 1 is 1.14 bits per heavy atom. The number of hydrogen-bond acceptors (Lipinski definition) is 5. The normalized spacial score (nSPS) is 9.90. The van der Waals surface area contributed by atoms with Crippen molar-refractivity contribution in [2.75, 3.05) is 5.73 Å². The van der Waals surface area contributed by atoms with Crippen molar-refractivity contribution in [3.8, 4) is 29.0 Å². The van der Waals surface area contributed by atoms with Crippen molar-refractivity contribution in [3.05, 3.63) is 42.6 Å². The van der Waals surface area contributed by atoms with Gasteiger partial charge in [0.25, 0.3) is 5.56 Å². The van der Waals surface area contributed by atoms with E-state index >= 15 is 0 Å². The molecule has 0 atom stereocenters. The van der Waals surface area contributed by atoms with Gasteiger partial charge < -0.3 is 15.8 Å². The lowest BCUT2D eigenvalue weighted by Gasteiger charge is -2.10. The highest BCUT2D eigenvalue weighted by Crippen LogP contribution is 2.38. The molecule has 0 aliphatic rings. The monoisotopic (exact) mass is 408 g/mol. The number of pyridine rings is 1. The van der Waals surface area contributed by atoms with Gasteiger partial charge in [0.2, 0.25) is 0 Å². The average Bonchev–Trinajstić information content (AvgIpc) is 2.43. The van der Waals surface area contributed by atoms with E-state index in [4.69, 9.17) is 5.73 Å². The molecule has 1 aromatic carbocycles. The van der Waals surface area contributed by atoms with Crippen molar-refractivity contribution in [2.24, 2.45) is 0 Å². The summed E-state index contributed by atoms with van der Waals surface area (Å²) in [4.78, 5) is 14.1. The molecule has 21 heavy (non-hydrogen) atoms. The smallest absolute Gasteiger partial charge is 0.268 e. The summed E-state index contributed by atoms with van der Waals surface area (Å²) in [5.74, 6) is -0.148. The van der Waals surface area contributed by atoms with Crippen molar-refractivity contribution < 1.29 is 5.11 Å². The maximum absolute atomic E-state index is 11.8. The molecule has 1 heterocycles. The van der Waals surface area contributed by atoms with E-state index in [0.29, 0.717) is 14.5 Å². The molecule has 4 N–H and O–H groups in total. The van der Waals surface area contributed by atoms with Crippen LogP contribution >= 0.6 is 31.9 Å². The van der Waals surface area contributed by atoms with Crippen LogP contribution < -0.4 is 11.3 Å². The fraction of sp³-hybridized carbons (Fsp3) is 0. The molecule has 0 amide bonds. The zero-order chi connectivity index (χ0) is 15.7. The Hall–Kier alpha value is -2.29. The molecule has 0 saturated carbocycles. The van der Waals surface area contributed by atoms with Crippen LogP contribution in [0.1, 0.15) is 11.1 Å². The quantitative estimate of drug-likeness (QED) is 0.667. The number of nitrogens with one attached hydrogen (secondary N) is 1. The lowest BCUT2D eigenvalue weighted by atomic mass is 9.96. The van der Waals surface area contributed by atoms with Crippen LogP contribution in [-0.2, 0) is 0 Å². The van der Waals surface area contributed by atoms with E-state index in [-0.39, 0.29) is 28.3 Å². The predicted octanol–water partition coefficient (Wildman–Crippen LogP) is 2.60. The van der Waals surface area contributed by atoms with Gasteiger partial charge in [0.05, 0.1) is 8.95 Å². The van der Waals surface area contributed by atoms with Crippen molar-refractivity contribution in [1.82, 2.24) is 4.98 Å². The van der Waals surface area contributed by atoms with Gasteiger partial charge in [0.15, 0.2) is 0 Å². The Labute approximate surface area is 135 Å². The van der Waals surface area contributed by atoms with Crippen LogP contribution in [-0.4, -0.2) is 10.1 Å². The lowest BCUT2D eigenvalue weighted by molar-refractivity contribution is 0.468. The van der Waals surface area contributed by atoms with Gasteiger partial charge in [-0.25, -0.2) is 0 Å². The van der Waals surface area contributed by atoms with Gasteiger partial charge in [0, 0.05) is 5.56 Å². The molecule has 0 unspecified atom stereocenters. The molecule has 2 aromatic rings. The highest BCUT2D eigenvalue weighted by atomic mass is 79.9. The van der Waals surface area contributed by atoms with Crippen LogP contribution in [0.3, 0.4) is 0 Å². The Morgan fingerprint density at radius 2 is 1.67 bits per heavy atom. The number of aromatic nitrogens is 1. The number of H-pyrrole nitrogens is 1. The zero-order valence-electron chi connectivity index (χ0n) is 10.2. The zero-order valence-corrected chi connectivity index (χ0v) is 13.4. The number of anilines is 1. The van der Waals surface area contributed by atoms with E-state index in [2.05, 4.69) is 36.8 Å². The van der Waals surface area contributed by atoms with Gasteiger partial charge in [-0.3, -0.25) is 4.79 Å². The number of phenols is 1. The SMILES string of the molecule is N#Cc1c(N)[nH]c(=O)c(C#N)c1-c1cc(Br)c(O)c(Br)c1. The molecule has 0 fully saturated rings. The molecular formula is C13H6Br2N4O2. The summed E-state index contributed by atoms with van der Waals surface area (Å²) in [6, 6.07) is 6.64. The van der Waals surface area contributed by atoms with Gasteiger partial charge >= 0.3 is 0 Å². The standard InChI is InChI=1S/C13H6Br2N4O2/c14-8-1-5(2-9(15)11(8)20)10-6(3-16)12(18)19-13(21)7(10)4-17/h1-2,20H,(H3,18,19,21). The second-order valence-corrected chi connectivity index (χ2v) is 5.71. The number of rotatable bonds is 1. The number of nitrogens with zero attached hydrogens (tertiary/aromatic N) is 2. The molecular weight excluding hydrogens is 404 g/mol. The van der Waals surface area contributed by atoms with E-state index in [9.17, 15) is 20.4 Å². The van der Waals surface area contributed by atoms with Crippen molar-refractivity contribution >= 4 is 37.7 Å². The maximum Gasteiger partial charge on any atom is 0.268 e. The number of halogens is 2. The number of nitrogen functional groups attached to an aromatic ring is 1. The van der Waals surface area contributed by atoms with Gasteiger partial charge in [-0.1, -0.05) is 0 Å². The first-order valence-electron chi connectivity index (χ1n) is 5.45. The summed E-state index contributed by atoms with van der Waals surface area (Å²) in [5.41, 5.74) is 5.27. The summed E-state index contributed by atoms with van der Waals surface area (Å²) >= 11 is 6.32. The number of benzene rings is 1. The third-order valence-corrected chi connectivity index (χ3v) is 3.98. The van der Waals surface area contributed by atoms with E-state index in [1.165, 1.54) is 12.1 Å². The molecule has 0 aliphatic heterocycles. The van der Waals surface area contributed by atoms with E-state index in [1.54, 1.807) is 6.07 Å². The average molecular weight is 410 g/mol.